The molecule has 0 spiro atoms. The number of ether oxygens (including phenoxy) is 3. The Morgan fingerprint density at radius 1 is 0.921 bits per heavy atom. The van der Waals surface area contributed by atoms with Gasteiger partial charge in [-0.25, -0.2) is 0 Å². The number of para-hydroxylation sites is 1. The van der Waals surface area contributed by atoms with Crippen molar-refractivity contribution in [1.82, 2.24) is 9.88 Å². The summed E-state index contributed by atoms with van der Waals surface area (Å²) in [6.45, 7) is 1.55. The van der Waals surface area contributed by atoms with Gasteiger partial charge in [0, 0.05) is 28.6 Å². The Morgan fingerprint density at radius 2 is 1.68 bits per heavy atom. The van der Waals surface area contributed by atoms with Gasteiger partial charge in [-0.3, -0.25) is 0 Å². The van der Waals surface area contributed by atoms with Crippen molar-refractivity contribution in [2.75, 3.05) is 48.1 Å². The van der Waals surface area contributed by atoms with Gasteiger partial charge in [-0.1, -0.05) is 59.8 Å². The van der Waals surface area contributed by atoms with Crippen LogP contribution in [0.5, 0.6) is 17.2 Å². The Balaban J connectivity index is 0.00000336. The maximum atomic E-state index is 6.34. The normalized spacial score (nSPS) is 13.0. The number of methoxy groups -OCH3 is 2. The number of aromatic nitrogens is 1. The van der Waals surface area contributed by atoms with Crippen LogP contribution in [0.25, 0.3) is 28.2 Å². The molecule has 7 nitrogen and oxygen atoms in total. The Morgan fingerprint density at radius 3 is 2.42 bits per heavy atom. The smallest absolute Gasteiger partial charge is 0.204 e. The fourth-order valence-electron chi connectivity index (χ4n) is 4.56. The molecular weight excluding hydrogens is 502 g/mol. The first kappa shape index (κ1) is 27.1. The average molecular weight is 534 g/mol. The second-order valence-electron chi connectivity index (χ2n) is 8.98. The van der Waals surface area contributed by atoms with E-state index < -0.39 is 0 Å². The number of aromatic amines is 1. The third-order valence-corrected chi connectivity index (χ3v) is 6.30. The van der Waals surface area contributed by atoms with E-state index in [1.54, 1.807) is 14.2 Å². The third-order valence-electron chi connectivity index (χ3n) is 6.30. The summed E-state index contributed by atoms with van der Waals surface area (Å²) < 4.78 is 17.8. The highest BCUT2D eigenvalue weighted by Gasteiger charge is 2.36. The van der Waals surface area contributed by atoms with Gasteiger partial charge >= 0.3 is 0 Å². The summed E-state index contributed by atoms with van der Waals surface area (Å²) in [5, 5.41) is 5.72. The van der Waals surface area contributed by atoms with Crippen LogP contribution in [-0.2, 0) is 4.84 Å². The SMILES string of the molecule is COc1cc2c(c(OCCN(C)C)c1OC)C(=NOCC=Cc1ccccc1)c1c-2[nH]c2ccccc12.Cl. The number of oxime groups is 1. The van der Waals surface area contributed by atoms with Crippen LogP contribution in [-0.4, -0.2) is 63.7 Å². The molecule has 0 bridgehead atoms. The molecule has 0 fully saturated rings. The van der Waals surface area contributed by atoms with Crippen molar-refractivity contribution in [3.05, 3.63) is 83.4 Å². The molecule has 3 aromatic carbocycles. The summed E-state index contributed by atoms with van der Waals surface area (Å²) in [4.78, 5) is 11.5. The lowest BCUT2D eigenvalue weighted by Gasteiger charge is -2.19. The van der Waals surface area contributed by atoms with Gasteiger partial charge in [-0.2, -0.15) is 0 Å². The van der Waals surface area contributed by atoms with Gasteiger partial charge in [0.05, 0.1) is 25.5 Å². The number of nitrogens with zero attached hydrogens (tertiary/aromatic N) is 2. The van der Waals surface area contributed by atoms with Crippen LogP contribution < -0.4 is 14.2 Å². The minimum Gasteiger partial charge on any atom is -0.493 e. The molecule has 0 aliphatic heterocycles. The summed E-state index contributed by atoms with van der Waals surface area (Å²) in [5.74, 6) is 1.72. The number of halogens is 1. The zero-order valence-electron chi connectivity index (χ0n) is 22.0. The Labute approximate surface area is 229 Å². The monoisotopic (exact) mass is 533 g/mol. The minimum absolute atomic E-state index is 0. The zero-order valence-corrected chi connectivity index (χ0v) is 22.8. The van der Waals surface area contributed by atoms with Gasteiger partial charge in [0.2, 0.25) is 5.75 Å². The van der Waals surface area contributed by atoms with Gasteiger partial charge in [0.25, 0.3) is 0 Å². The zero-order chi connectivity index (χ0) is 25.8. The number of nitrogens with one attached hydrogen (secondary N) is 1. The third kappa shape index (κ3) is 5.21. The first-order valence-corrected chi connectivity index (χ1v) is 12.2. The number of likely N-dealkylation sites (N-methyl/N-ethyl adjacent to an activating group) is 1. The van der Waals surface area contributed by atoms with Crippen molar-refractivity contribution in [3.63, 3.8) is 0 Å². The van der Waals surface area contributed by atoms with Crippen molar-refractivity contribution in [2.24, 2.45) is 5.16 Å². The number of hydrogen-bond acceptors (Lipinski definition) is 6. The van der Waals surface area contributed by atoms with E-state index in [1.165, 1.54) is 0 Å². The van der Waals surface area contributed by atoms with E-state index in [1.807, 2.05) is 74.8 Å². The van der Waals surface area contributed by atoms with Gasteiger partial charge in [-0.15, -0.1) is 12.4 Å². The number of H-pyrrole nitrogens is 1. The second kappa shape index (κ2) is 12.1. The molecule has 38 heavy (non-hydrogen) atoms. The van der Waals surface area contributed by atoms with E-state index in [2.05, 4.69) is 27.2 Å². The molecule has 1 heterocycles. The first-order chi connectivity index (χ1) is 18.1. The molecule has 5 rings (SSSR count). The predicted molar refractivity (Wildman–Crippen MR) is 155 cm³/mol. The van der Waals surface area contributed by atoms with Gasteiger partial charge < -0.3 is 28.9 Å². The van der Waals surface area contributed by atoms with Crippen molar-refractivity contribution in [1.29, 1.82) is 0 Å². The van der Waals surface area contributed by atoms with Crippen LogP contribution in [0, 0.1) is 0 Å². The van der Waals surface area contributed by atoms with E-state index in [0.717, 1.165) is 45.4 Å². The topological polar surface area (TPSA) is 68.3 Å². The molecule has 1 aliphatic rings. The number of rotatable bonds is 10. The molecule has 0 saturated carbocycles. The quantitative estimate of drug-likeness (QED) is 0.176. The van der Waals surface area contributed by atoms with Crippen LogP contribution in [0.1, 0.15) is 16.7 Å². The lowest BCUT2D eigenvalue weighted by atomic mass is 10.0. The summed E-state index contributed by atoms with van der Waals surface area (Å²) in [5.41, 5.74) is 6.54. The summed E-state index contributed by atoms with van der Waals surface area (Å²) >= 11 is 0. The van der Waals surface area contributed by atoms with Crippen molar-refractivity contribution in [3.8, 4) is 28.5 Å². The maximum Gasteiger partial charge on any atom is 0.204 e. The van der Waals surface area contributed by atoms with E-state index in [0.29, 0.717) is 36.2 Å². The predicted octanol–water partition coefficient (Wildman–Crippen LogP) is 6.01. The molecule has 198 valence electrons. The maximum absolute atomic E-state index is 6.34. The second-order valence-corrected chi connectivity index (χ2v) is 8.98. The lowest BCUT2D eigenvalue weighted by molar-refractivity contribution is 0.175. The highest BCUT2D eigenvalue weighted by molar-refractivity contribution is 6.31. The van der Waals surface area contributed by atoms with Gasteiger partial charge in [0.15, 0.2) is 11.5 Å². The van der Waals surface area contributed by atoms with Crippen molar-refractivity contribution >= 4 is 35.1 Å². The average Bonchev–Trinajstić information content (AvgIpc) is 3.43. The molecule has 0 atom stereocenters. The standard InChI is InChI=1S/C30H31N3O4.ClH/c1-33(2)16-18-36-30-26-22(19-24(34-3)29(30)35-4)27-25(21-14-8-9-15-23(21)31-27)28(26)32-37-17-10-13-20-11-6-5-7-12-20;/h5-15,19,31H,16-18H2,1-4H3;1H. The highest BCUT2D eigenvalue weighted by atomic mass is 35.5. The molecule has 0 radical (unpaired) electrons. The fourth-order valence-corrected chi connectivity index (χ4v) is 4.56. The van der Waals surface area contributed by atoms with Crippen LogP contribution in [0.4, 0.5) is 0 Å². The molecular formula is C30H32ClN3O4. The van der Waals surface area contributed by atoms with Crippen LogP contribution in [0.2, 0.25) is 0 Å². The lowest BCUT2D eigenvalue weighted by Crippen LogP contribution is -2.20. The van der Waals surface area contributed by atoms with Crippen LogP contribution in [0.15, 0.2) is 71.9 Å². The summed E-state index contributed by atoms with van der Waals surface area (Å²) in [6.07, 6.45) is 3.97. The molecule has 0 unspecified atom stereocenters. The number of hydrogen-bond donors (Lipinski definition) is 1. The van der Waals surface area contributed by atoms with Crippen molar-refractivity contribution < 1.29 is 19.0 Å². The van der Waals surface area contributed by atoms with Crippen molar-refractivity contribution in [2.45, 2.75) is 0 Å². The van der Waals surface area contributed by atoms with Gasteiger partial charge in [0.1, 0.15) is 18.9 Å². The highest BCUT2D eigenvalue weighted by Crippen LogP contribution is 2.51. The largest absolute Gasteiger partial charge is 0.493 e. The first-order valence-electron chi connectivity index (χ1n) is 12.2. The van der Waals surface area contributed by atoms with Crippen LogP contribution in [0.3, 0.4) is 0 Å². The molecule has 4 aromatic rings. The number of benzene rings is 3. The molecule has 1 N–H and O–H groups in total. The Kier molecular flexibility index (Phi) is 8.61. The van der Waals surface area contributed by atoms with Gasteiger partial charge in [-0.05, 0) is 37.9 Å². The molecule has 1 aliphatic carbocycles. The Bertz CT molecular complexity index is 1460. The van der Waals surface area contributed by atoms with Crippen LogP contribution >= 0.6 is 12.4 Å². The summed E-state index contributed by atoms with van der Waals surface area (Å²) in [6, 6.07) is 20.3. The number of fused-ring (bicyclic) bond motifs is 5. The molecule has 0 amide bonds. The molecule has 8 heteroatoms. The summed E-state index contributed by atoms with van der Waals surface area (Å²) in [7, 11) is 7.27. The molecule has 0 saturated heterocycles. The van der Waals surface area contributed by atoms with E-state index in [4.69, 9.17) is 19.0 Å². The molecule has 1 aromatic heterocycles. The van der Waals surface area contributed by atoms with E-state index in [-0.39, 0.29) is 12.4 Å². The van der Waals surface area contributed by atoms with E-state index in [9.17, 15) is 0 Å². The Hall–Kier alpha value is -3.94. The van der Waals surface area contributed by atoms with E-state index >= 15 is 0 Å². The fraction of sp³-hybridized carbons (Fsp3) is 0.233. The minimum atomic E-state index is 0.